The second kappa shape index (κ2) is 6.61. The largest absolute Gasteiger partial charge is 0.496 e. The minimum atomic E-state index is 0.654. The molecule has 0 aromatic heterocycles. The number of hydrogen-bond donors (Lipinski definition) is 1. The number of rotatable bonds is 6. The van der Waals surface area contributed by atoms with Gasteiger partial charge in [0.2, 0.25) is 0 Å². The Labute approximate surface area is 110 Å². The Kier molecular flexibility index (Phi) is 5.44. The molecule has 0 spiro atoms. The van der Waals surface area contributed by atoms with Crippen LogP contribution in [0.2, 0.25) is 0 Å². The van der Waals surface area contributed by atoms with Crippen LogP contribution >= 0.6 is 0 Å². The lowest BCUT2D eigenvalue weighted by Gasteiger charge is -2.21. The first-order chi connectivity index (χ1) is 8.54. The predicted octanol–water partition coefficient (Wildman–Crippen LogP) is 1.71. The minimum absolute atomic E-state index is 0.654. The molecule has 4 heteroatoms. The summed E-state index contributed by atoms with van der Waals surface area (Å²) in [6.45, 7) is 6.42. The molecular formula is C14H24N2O2. The van der Waals surface area contributed by atoms with Crippen molar-refractivity contribution in [1.29, 1.82) is 0 Å². The monoisotopic (exact) mass is 252 g/mol. The summed E-state index contributed by atoms with van der Waals surface area (Å²) in [6.07, 6.45) is 0. The number of nitrogens with zero attached hydrogens (tertiary/aromatic N) is 1. The maximum Gasteiger partial charge on any atom is 0.126 e. The molecule has 2 N–H and O–H groups in total. The average molecular weight is 252 g/mol. The molecule has 0 bridgehead atoms. The summed E-state index contributed by atoms with van der Waals surface area (Å²) in [5.74, 6) is 1.85. The van der Waals surface area contributed by atoms with Crippen molar-refractivity contribution in [3.63, 3.8) is 0 Å². The Balaban J connectivity index is 3.12. The molecule has 1 aromatic rings. The number of likely N-dealkylation sites (N-methyl/N-ethyl adjacent to an activating group) is 1. The fourth-order valence-corrected chi connectivity index (χ4v) is 2.13. The van der Waals surface area contributed by atoms with E-state index in [1.165, 1.54) is 0 Å². The van der Waals surface area contributed by atoms with Crippen LogP contribution in [0.1, 0.15) is 16.7 Å². The third-order valence-corrected chi connectivity index (χ3v) is 3.24. The Morgan fingerprint density at radius 1 is 1.17 bits per heavy atom. The van der Waals surface area contributed by atoms with Crippen LogP contribution in [0.4, 0.5) is 0 Å². The zero-order valence-electron chi connectivity index (χ0n) is 12.0. The lowest BCUT2D eigenvalue weighted by atomic mass is 10.0. The van der Waals surface area contributed by atoms with Crippen LogP contribution in [-0.4, -0.2) is 39.3 Å². The molecule has 0 atom stereocenters. The molecule has 0 saturated heterocycles. The lowest BCUT2D eigenvalue weighted by molar-refractivity contribution is 0.322. The molecule has 18 heavy (non-hydrogen) atoms. The van der Waals surface area contributed by atoms with Gasteiger partial charge in [-0.25, -0.2) is 0 Å². The van der Waals surface area contributed by atoms with E-state index < -0.39 is 0 Å². The third kappa shape index (κ3) is 3.15. The van der Waals surface area contributed by atoms with E-state index in [2.05, 4.69) is 11.8 Å². The van der Waals surface area contributed by atoms with Gasteiger partial charge in [0, 0.05) is 25.2 Å². The summed E-state index contributed by atoms with van der Waals surface area (Å²) in [7, 11) is 5.45. The van der Waals surface area contributed by atoms with Crippen LogP contribution in [0.5, 0.6) is 11.5 Å². The van der Waals surface area contributed by atoms with Crippen molar-refractivity contribution in [1.82, 2.24) is 4.90 Å². The summed E-state index contributed by atoms with van der Waals surface area (Å²) < 4.78 is 10.9. The van der Waals surface area contributed by atoms with Crippen LogP contribution in [0, 0.1) is 13.8 Å². The highest BCUT2D eigenvalue weighted by molar-refractivity contribution is 5.52. The van der Waals surface area contributed by atoms with Crippen molar-refractivity contribution >= 4 is 0 Å². The molecule has 0 radical (unpaired) electrons. The van der Waals surface area contributed by atoms with Crippen molar-refractivity contribution < 1.29 is 9.47 Å². The molecule has 0 heterocycles. The van der Waals surface area contributed by atoms with Gasteiger partial charge in [0.25, 0.3) is 0 Å². The van der Waals surface area contributed by atoms with Gasteiger partial charge in [-0.3, -0.25) is 0 Å². The van der Waals surface area contributed by atoms with Gasteiger partial charge in [-0.1, -0.05) is 0 Å². The van der Waals surface area contributed by atoms with E-state index >= 15 is 0 Å². The summed E-state index contributed by atoms with van der Waals surface area (Å²) >= 11 is 0. The molecule has 0 fully saturated rings. The normalized spacial score (nSPS) is 10.8. The van der Waals surface area contributed by atoms with Gasteiger partial charge < -0.3 is 20.1 Å². The van der Waals surface area contributed by atoms with Gasteiger partial charge in [-0.15, -0.1) is 0 Å². The molecule has 4 nitrogen and oxygen atoms in total. The Hall–Kier alpha value is -1.26. The Bertz CT molecular complexity index is 405. The van der Waals surface area contributed by atoms with E-state index in [0.717, 1.165) is 41.3 Å². The number of nitrogens with two attached hydrogens (primary N) is 1. The van der Waals surface area contributed by atoms with Crippen molar-refractivity contribution in [2.75, 3.05) is 34.4 Å². The summed E-state index contributed by atoms with van der Waals surface area (Å²) in [4.78, 5) is 2.17. The molecule has 0 aliphatic carbocycles. The van der Waals surface area contributed by atoms with Crippen LogP contribution < -0.4 is 15.2 Å². The first-order valence-electron chi connectivity index (χ1n) is 6.14. The van der Waals surface area contributed by atoms with Crippen molar-refractivity contribution in [2.45, 2.75) is 20.4 Å². The molecular weight excluding hydrogens is 228 g/mol. The maximum absolute atomic E-state index is 5.57. The number of methoxy groups -OCH3 is 2. The molecule has 1 rings (SSSR count). The van der Waals surface area contributed by atoms with E-state index in [-0.39, 0.29) is 0 Å². The Morgan fingerprint density at radius 2 is 1.83 bits per heavy atom. The highest BCUT2D eigenvalue weighted by Gasteiger charge is 2.14. The quantitative estimate of drug-likeness (QED) is 0.837. The van der Waals surface area contributed by atoms with Gasteiger partial charge in [0.05, 0.1) is 14.2 Å². The van der Waals surface area contributed by atoms with Crippen molar-refractivity contribution in [3.05, 3.63) is 22.8 Å². The molecule has 0 aliphatic rings. The summed E-state index contributed by atoms with van der Waals surface area (Å²) in [6, 6.07) is 2.05. The van der Waals surface area contributed by atoms with Crippen molar-refractivity contribution in [3.8, 4) is 11.5 Å². The highest BCUT2D eigenvalue weighted by Crippen LogP contribution is 2.33. The van der Waals surface area contributed by atoms with Gasteiger partial charge in [-0.05, 0) is 38.1 Å². The van der Waals surface area contributed by atoms with Crippen LogP contribution in [0.3, 0.4) is 0 Å². The standard InChI is InChI=1S/C14H24N2O2/c1-10-11(2)14(18-5)12(8-13(10)17-4)9-16(3)7-6-15/h8H,6-7,9,15H2,1-5H3. The fraction of sp³-hybridized carbons (Fsp3) is 0.571. The van der Waals surface area contributed by atoms with E-state index in [9.17, 15) is 0 Å². The zero-order valence-corrected chi connectivity index (χ0v) is 12.0. The maximum atomic E-state index is 5.57. The van der Waals surface area contributed by atoms with Crippen LogP contribution in [0.15, 0.2) is 6.07 Å². The first-order valence-corrected chi connectivity index (χ1v) is 6.14. The smallest absolute Gasteiger partial charge is 0.126 e. The molecule has 0 unspecified atom stereocenters. The van der Waals surface area contributed by atoms with E-state index in [0.29, 0.717) is 6.54 Å². The lowest BCUT2D eigenvalue weighted by Crippen LogP contribution is -2.25. The molecule has 102 valence electrons. The molecule has 0 aliphatic heterocycles. The third-order valence-electron chi connectivity index (χ3n) is 3.24. The second-order valence-electron chi connectivity index (χ2n) is 4.55. The van der Waals surface area contributed by atoms with Gasteiger partial charge in [0.15, 0.2) is 0 Å². The molecule has 0 saturated carbocycles. The predicted molar refractivity (Wildman–Crippen MR) is 74.4 cm³/mol. The van der Waals surface area contributed by atoms with E-state index in [1.807, 2.05) is 20.0 Å². The summed E-state index contributed by atoms with van der Waals surface area (Å²) in [5.41, 5.74) is 8.96. The van der Waals surface area contributed by atoms with Gasteiger partial charge in [0.1, 0.15) is 11.5 Å². The second-order valence-corrected chi connectivity index (χ2v) is 4.55. The van der Waals surface area contributed by atoms with Gasteiger partial charge >= 0.3 is 0 Å². The fourth-order valence-electron chi connectivity index (χ4n) is 2.13. The van der Waals surface area contributed by atoms with E-state index in [4.69, 9.17) is 15.2 Å². The van der Waals surface area contributed by atoms with Gasteiger partial charge in [-0.2, -0.15) is 0 Å². The topological polar surface area (TPSA) is 47.7 Å². The van der Waals surface area contributed by atoms with Crippen LogP contribution in [0.25, 0.3) is 0 Å². The number of hydrogen-bond acceptors (Lipinski definition) is 4. The molecule has 1 aromatic carbocycles. The number of benzene rings is 1. The van der Waals surface area contributed by atoms with Crippen LogP contribution in [-0.2, 0) is 6.54 Å². The van der Waals surface area contributed by atoms with Crippen molar-refractivity contribution in [2.24, 2.45) is 5.73 Å². The first kappa shape index (κ1) is 14.8. The zero-order chi connectivity index (χ0) is 13.7. The average Bonchev–Trinajstić information content (AvgIpc) is 2.34. The summed E-state index contributed by atoms with van der Waals surface area (Å²) in [5, 5.41) is 0. The molecule has 0 amide bonds. The SMILES string of the molecule is COc1cc(CN(C)CCN)c(OC)c(C)c1C. The minimum Gasteiger partial charge on any atom is -0.496 e. The Morgan fingerprint density at radius 3 is 2.33 bits per heavy atom. The number of ether oxygens (including phenoxy) is 2. The van der Waals surface area contributed by atoms with E-state index in [1.54, 1.807) is 14.2 Å². The highest BCUT2D eigenvalue weighted by atomic mass is 16.5.